The van der Waals surface area contributed by atoms with Crippen molar-refractivity contribution in [2.45, 2.75) is 31.5 Å². The van der Waals surface area contributed by atoms with Gasteiger partial charge in [-0.1, -0.05) is 0 Å². The summed E-state index contributed by atoms with van der Waals surface area (Å²) >= 11 is 0. The fourth-order valence-corrected chi connectivity index (χ4v) is 5.11. The number of nitrogens with one attached hydrogen (secondary N) is 2. The summed E-state index contributed by atoms with van der Waals surface area (Å²) in [5.74, 6) is 0.154. The maximum absolute atomic E-state index is 13.1. The SMILES string of the molecule is Cc1cc(Nc2cc(C(F)(F)F)ccn2)nc(-c2ccc(C3(O)CCN(C(=O)c4cc(-c5ccncc5)n[nH]4)CC3)nc2)c1. The van der Waals surface area contributed by atoms with Gasteiger partial charge in [0.2, 0.25) is 0 Å². The number of hydrogen-bond acceptors (Lipinski definition) is 8. The number of amides is 1. The molecule has 0 bridgehead atoms. The van der Waals surface area contributed by atoms with Crippen molar-refractivity contribution in [3.63, 3.8) is 0 Å². The second-order valence-electron chi connectivity index (χ2n) is 10.6. The second kappa shape index (κ2) is 11.5. The molecule has 3 N–H and O–H groups in total. The zero-order valence-corrected chi connectivity index (χ0v) is 23.5. The molecule has 10 nitrogen and oxygen atoms in total. The maximum atomic E-state index is 13.1. The van der Waals surface area contributed by atoms with Crippen LogP contribution in [-0.4, -0.2) is 59.1 Å². The quantitative estimate of drug-likeness (QED) is 0.232. The number of pyridine rings is 4. The Bertz CT molecular complexity index is 1780. The fraction of sp³-hybridized carbons (Fsp3) is 0.226. The van der Waals surface area contributed by atoms with Crippen molar-refractivity contribution in [1.29, 1.82) is 0 Å². The summed E-state index contributed by atoms with van der Waals surface area (Å²) in [5.41, 5.74) is 2.36. The van der Waals surface area contributed by atoms with E-state index < -0.39 is 17.3 Å². The van der Waals surface area contributed by atoms with E-state index in [2.05, 4.69) is 35.5 Å². The van der Waals surface area contributed by atoms with Gasteiger partial charge in [0.25, 0.3) is 5.91 Å². The van der Waals surface area contributed by atoms with Crippen LogP contribution >= 0.6 is 0 Å². The third kappa shape index (κ3) is 6.13. The number of anilines is 2. The van der Waals surface area contributed by atoms with Crippen molar-refractivity contribution in [1.82, 2.24) is 35.0 Å². The normalized spacial score (nSPS) is 14.8. The summed E-state index contributed by atoms with van der Waals surface area (Å²) in [6.07, 6.45) is 2.13. The summed E-state index contributed by atoms with van der Waals surface area (Å²) in [6, 6.07) is 14.2. The van der Waals surface area contributed by atoms with Crippen molar-refractivity contribution < 1.29 is 23.1 Å². The van der Waals surface area contributed by atoms with E-state index in [9.17, 15) is 23.1 Å². The van der Waals surface area contributed by atoms with E-state index in [1.165, 1.54) is 0 Å². The predicted molar refractivity (Wildman–Crippen MR) is 156 cm³/mol. The highest BCUT2D eigenvalue weighted by atomic mass is 19.4. The Labute approximate surface area is 250 Å². The molecule has 6 rings (SSSR count). The summed E-state index contributed by atoms with van der Waals surface area (Å²) in [4.78, 5) is 31.8. The van der Waals surface area contributed by atoms with Gasteiger partial charge in [0.1, 0.15) is 22.9 Å². The summed E-state index contributed by atoms with van der Waals surface area (Å²) < 4.78 is 39.3. The zero-order valence-electron chi connectivity index (χ0n) is 23.5. The minimum absolute atomic E-state index is 0.0195. The molecule has 13 heteroatoms. The third-order valence-corrected chi connectivity index (χ3v) is 7.51. The van der Waals surface area contributed by atoms with Crippen LogP contribution in [0.25, 0.3) is 22.5 Å². The number of hydrogen-bond donors (Lipinski definition) is 3. The molecule has 0 unspecified atom stereocenters. The van der Waals surface area contributed by atoms with Crippen LogP contribution in [0.3, 0.4) is 0 Å². The predicted octanol–water partition coefficient (Wildman–Crippen LogP) is 5.52. The minimum atomic E-state index is -4.49. The summed E-state index contributed by atoms with van der Waals surface area (Å²) in [6.45, 7) is 2.51. The van der Waals surface area contributed by atoms with Crippen molar-refractivity contribution in [3.05, 3.63) is 102 Å². The Balaban J connectivity index is 1.12. The molecule has 0 atom stereocenters. The first-order valence-electron chi connectivity index (χ1n) is 13.8. The van der Waals surface area contributed by atoms with Crippen LogP contribution in [0.1, 0.15) is 40.2 Å². The Morgan fingerprint density at radius 3 is 2.41 bits per heavy atom. The largest absolute Gasteiger partial charge is 0.416 e. The van der Waals surface area contributed by atoms with Gasteiger partial charge in [0, 0.05) is 49.0 Å². The first-order chi connectivity index (χ1) is 21.1. The monoisotopic (exact) mass is 600 g/mol. The first kappa shape index (κ1) is 28.9. The molecule has 0 saturated carbocycles. The smallest absolute Gasteiger partial charge is 0.383 e. The van der Waals surface area contributed by atoms with Gasteiger partial charge in [0.05, 0.1) is 22.6 Å². The van der Waals surface area contributed by atoms with E-state index >= 15 is 0 Å². The lowest BCUT2D eigenvalue weighted by Crippen LogP contribution is -2.45. The van der Waals surface area contributed by atoms with Gasteiger partial charge in [-0.15, -0.1) is 0 Å². The van der Waals surface area contributed by atoms with Gasteiger partial charge in [-0.25, -0.2) is 9.97 Å². The van der Waals surface area contributed by atoms with Crippen molar-refractivity contribution in [3.8, 4) is 22.5 Å². The lowest BCUT2D eigenvalue weighted by Gasteiger charge is -2.37. The molecule has 44 heavy (non-hydrogen) atoms. The summed E-state index contributed by atoms with van der Waals surface area (Å²) in [5, 5.41) is 21.3. The number of likely N-dealkylation sites (tertiary alicyclic amines) is 1. The van der Waals surface area contributed by atoms with Crippen LogP contribution in [0.15, 0.2) is 79.4 Å². The van der Waals surface area contributed by atoms with Crippen LogP contribution in [0.4, 0.5) is 24.8 Å². The average molecular weight is 601 g/mol. The van der Waals surface area contributed by atoms with Gasteiger partial charge in [-0.05, 0) is 79.9 Å². The summed E-state index contributed by atoms with van der Waals surface area (Å²) in [7, 11) is 0. The van der Waals surface area contributed by atoms with Gasteiger partial charge < -0.3 is 15.3 Å². The zero-order chi connectivity index (χ0) is 30.9. The Hall–Kier alpha value is -5.17. The van der Waals surface area contributed by atoms with Crippen LogP contribution in [0.2, 0.25) is 0 Å². The molecule has 0 radical (unpaired) electrons. The number of halogens is 3. The molecule has 1 aliphatic heterocycles. The number of H-pyrrole nitrogens is 1. The van der Waals surface area contributed by atoms with E-state index in [-0.39, 0.29) is 11.7 Å². The highest BCUT2D eigenvalue weighted by Gasteiger charge is 2.37. The number of alkyl halides is 3. The molecule has 1 saturated heterocycles. The number of aliphatic hydroxyl groups is 1. The van der Waals surface area contributed by atoms with Gasteiger partial charge >= 0.3 is 6.18 Å². The number of carbonyl (C=O) groups is 1. The number of carbonyl (C=O) groups excluding carboxylic acids is 1. The van der Waals surface area contributed by atoms with Gasteiger partial charge in [-0.3, -0.25) is 19.9 Å². The highest BCUT2D eigenvalue weighted by Crippen LogP contribution is 2.34. The van der Waals surface area contributed by atoms with Crippen LogP contribution in [-0.2, 0) is 11.8 Å². The van der Waals surface area contributed by atoms with E-state index in [0.717, 1.165) is 29.5 Å². The number of aromatic amines is 1. The number of nitrogens with zero attached hydrogens (tertiary/aromatic N) is 6. The first-order valence-corrected chi connectivity index (χ1v) is 13.8. The van der Waals surface area contributed by atoms with E-state index in [0.29, 0.717) is 60.1 Å². The molecular formula is C31H27F3N8O2. The molecule has 1 aliphatic rings. The van der Waals surface area contributed by atoms with Crippen molar-refractivity contribution >= 4 is 17.5 Å². The van der Waals surface area contributed by atoms with E-state index in [4.69, 9.17) is 0 Å². The van der Waals surface area contributed by atoms with Crippen LogP contribution in [0, 0.1) is 6.92 Å². The standard InChI is InChI=1S/C31H27F3N8O2/c1-19-14-23(38-28(15-19)39-27-16-22(6-11-36-27)31(32,33)34)21-2-3-26(37-18-21)30(44)7-12-42(13-8-30)29(43)25-17-24(40-41-25)20-4-9-35-10-5-20/h2-6,9-11,14-18,44H,7-8,12-13H2,1H3,(H,40,41)(H,36,38,39). The molecule has 5 aromatic heterocycles. The van der Waals surface area contributed by atoms with Crippen molar-refractivity contribution in [2.24, 2.45) is 0 Å². The molecule has 0 spiro atoms. The molecule has 224 valence electrons. The topological polar surface area (TPSA) is 133 Å². The number of aryl methyl sites for hydroxylation is 1. The van der Waals surface area contributed by atoms with Crippen LogP contribution in [0.5, 0.6) is 0 Å². The second-order valence-corrected chi connectivity index (χ2v) is 10.6. The Kier molecular flexibility index (Phi) is 7.55. The highest BCUT2D eigenvalue weighted by molar-refractivity contribution is 5.93. The lowest BCUT2D eigenvalue weighted by atomic mass is 9.87. The molecule has 0 aromatic carbocycles. The third-order valence-electron chi connectivity index (χ3n) is 7.51. The van der Waals surface area contributed by atoms with E-state index in [1.54, 1.807) is 47.8 Å². The average Bonchev–Trinajstić information content (AvgIpc) is 3.52. The fourth-order valence-electron chi connectivity index (χ4n) is 5.11. The molecular weight excluding hydrogens is 573 g/mol. The van der Waals surface area contributed by atoms with Crippen LogP contribution < -0.4 is 5.32 Å². The Morgan fingerprint density at radius 1 is 0.932 bits per heavy atom. The number of aromatic nitrogens is 6. The molecule has 5 aromatic rings. The molecule has 1 amide bonds. The molecule has 6 heterocycles. The Morgan fingerprint density at radius 2 is 1.70 bits per heavy atom. The molecule has 1 fully saturated rings. The van der Waals surface area contributed by atoms with Gasteiger partial charge in [-0.2, -0.15) is 18.3 Å². The van der Waals surface area contributed by atoms with Crippen molar-refractivity contribution in [2.75, 3.05) is 18.4 Å². The molecule has 0 aliphatic carbocycles. The van der Waals surface area contributed by atoms with E-state index in [1.807, 2.05) is 25.1 Å². The van der Waals surface area contributed by atoms with Gasteiger partial charge in [0.15, 0.2) is 0 Å². The minimum Gasteiger partial charge on any atom is -0.383 e. The number of rotatable bonds is 6. The lowest BCUT2D eigenvalue weighted by molar-refractivity contribution is -0.137. The maximum Gasteiger partial charge on any atom is 0.416 e. The number of piperidine rings is 1.